The quantitative estimate of drug-likeness (QED) is 0.836. The molecule has 116 valence electrons. The molecular formula is C15H19N5O2. The number of carbonyl (C=O) groups is 1. The number of rotatable bonds is 4. The predicted molar refractivity (Wildman–Crippen MR) is 78.8 cm³/mol. The van der Waals surface area contributed by atoms with Gasteiger partial charge in [0.05, 0.1) is 12.5 Å². The lowest BCUT2D eigenvalue weighted by Crippen LogP contribution is -2.31. The van der Waals surface area contributed by atoms with Crippen LogP contribution in [-0.2, 0) is 17.6 Å². The summed E-state index contributed by atoms with van der Waals surface area (Å²) in [4.78, 5) is 22.4. The second-order valence-electron chi connectivity index (χ2n) is 5.67. The van der Waals surface area contributed by atoms with Gasteiger partial charge in [-0.25, -0.2) is 4.98 Å². The number of pyridine rings is 1. The van der Waals surface area contributed by atoms with Gasteiger partial charge in [-0.3, -0.25) is 14.9 Å². The number of aromatic amines is 1. The summed E-state index contributed by atoms with van der Waals surface area (Å²) in [5, 5.41) is 16.9. The summed E-state index contributed by atoms with van der Waals surface area (Å²) in [7, 11) is 0. The smallest absolute Gasteiger partial charge is 0.230 e. The highest BCUT2D eigenvalue weighted by Gasteiger charge is 2.34. The van der Waals surface area contributed by atoms with Gasteiger partial charge in [0.25, 0.3) is 0 Å². The third kappa shape index (κ3) is 3.30. The van der Waals surface area contributed by atoms with Crippen LogP contribution in [0, 0.1) is 12.8 Å². The zero-order valence-electron chi connectivity index (χ0n) is 12.4. The molecule has 7 nitrogen and oxygen atoms in total. The minimum absolute atomic E-state index is 0.0210. The van der Waals surface area contributed by atoms with Crippen LogP contribution in [0.25, 0.3) is 0 Å². The number of hydrogen-bond acceptors (Lipinski definition) is 5. The summed E-state index contributed by atoms with van der Waals surface area (Å²) in [5.74, 6) is 1.15. The van der Waals surface area contributed by atoms with Crippen molar-refractivity contribution in [2.24, 2.45) is 5.92 Å². The minimum atomic E-state index is -0.514. The Balaban J connectivity index is 1.59. The molecule has 2 aromatic heterocycles. The Hall–Kier alpha value is -2.28. The number of aliphatic hydroxyl groups is 1. The number of aromatic nitrogens is 4. The highest BCUT2D eigenvalue weighted by molar-refractivity contribution is 5.78. The molecule has 0 aliphatic carbocycles. The lowest BCUT2D eigenvalue weighted by Gasteiger charge is -2.15. The first-order valence-corrected chi connectivity index (χ1v) is 7.35. The SMILES string of the molecule is Cc1nc(CC(=O)N2C[C@@H](Cc3ccccn3)[C@H](O)C2)n[nH]1. The van der Waals surface area contributed by atoms with Crippen LogP contribution in [0.2, 0.25) is 0 Å². The molecule has 1 fully saturated rings. The largest absolute Gasteiger partial charge is 0.391 e. The average Bonchev–Trinajstić information content (AvgIpc) is 3.07. The van der Waals surface area contributed by atoms with Crippen molar-refractivity contribution < 1.29 is 9.90 Å². The van der Waals surface area contributed by atoms with E-state index in [-0.39, 0.29) is 18.2 Å². The number of aryl methyl sites for hydroxylation is 1. The highest BCUT2D eigenvalue weighted by atomic mass is 16.3. The number of nitrogens with one attached hydrogen (secondary N) is 1. The topological polar surface area (TPSA) is 95.0 Å². The molecule has 0 bridgehead atoms. The number of likely N-dealkylation sites (tertiary alicyclic amines) is 1. The molecule has 0 saturated carbocycles. The van der Waals surface area contributed by atoms with Gasteiger partial charge >= 0.3 is 0 Å². The first kappa shape index (κ1) is 14.6. The van der Waals surface area contributed by atoms with Crippen LogP contribution >= 0.6 is 0 Å². The summed E-state index contributed by atoms with van der Waals surface area (Å²) in [6.45, 7) is 2.70. The van der Waals surface area contributed by atoms with E-state index in [1.807, 2.05) is 18.2 Å². The zero-order valence-corrected chi connectivity index (χ0v) is 12.4. The summed E-state index contributed by atoms with van der Waals surface area (Å²) in [6, 6.07) is 5.73. The van der Waals surface area contributed by atoms with Crippen LogP contribution in [-0.4, -0.2) is 55.3 Å². The van der Waals surface area contributed by atoms with E-state index in [4.69, 9.17) is 0 Å². The molecule has 1 aliphatic heterocycles. The van der Waals surface area contributed by atoms with E-state index in [2.05, 4.69) is 20.2 Å². The minimum Gasteiger partial charge on any atom is -0.391 e. The molecule has 2 aromatic rings. The fraction of sp³-hybridized carbons (Fsp3) is 0.467. The molecule has 0 unspecified atom stereocenters. The number of hydrogen-bond donors (Lipinski definition) is 2. The van der Waals surface area contributed by atoms with E-state index >= 15 is 0 Å². The van der Waals surface area contributed by atoms with Crippen LogP contribution in [0.1, 0.15) is 17.3 Å². The molecule has 3 heterocycles. The normalized spacial score (nSPS) is 21.3. The lowest BCUT2D eigenvalue weighted by atomic mass is 10.00. The van der Waals surface area contributed by atoms with Crippen molar-refractivity contribution in [3.05, 3.63) is 41.7 Å². The molecule has 7 heteroatoms. The van der Waals surface area contributed by atoms with Gasteiger partial charge < -0.3 is 10.0 Å². The Morgan fingerprint density at radius 2 is 2.32 bits per heavy atom. The second kappa shape index (κ2) is 6.23. The monoisotopic (exact) mass is 301 g/mol. The van der Waals surface area contributed by atoms with Crippen molar-refractivity contribution in [2.75, 3.05) is 13.1 Å². The first-order chi connectivity index (χ1) is 10.6. The summed E-state index contributed by atoms with van der Waals surface area (Å²) < 4.78 is 0. The molecule has 1 aliphatic rings. The van der Waals surface area contributed by atoms with E-state index in [1.165, 1.54) is 0 Å². The molecule has 0 radical (unpaired) electrons. The molecule has 0 spiro atoms. The second-order valence-corrected chi connectivity index (χ2v) is 5.67. The summed E-state index contributed by atoms with van der Waals surface area (Å²) >= 11 is 0. The maximum atomic E-state index is 12.3. The molecule has 1 saturated heterocycles. The number of aliphatic hydroxyl groups excluding tert-OH is 1. The third-order valence-electron chi connectivity index (χ3n) is 3.91. The van der Waals surface area contributed by atoms with Crippen LogP contribution < -0.4 is 0 Å². The maximum absolute atomic E-state index is 12.3. The van der Waals surface area contributed by atoms with Crippen LogP contribution in [0.3, 0.4) is 0 Å². The summed E-state index contributed by atoms with van der Waals surface area (Å²) in [6.07, 6.45) is 2.06. The predicted octanol–water partition coefficient (Wildman–Crippen LogP) is 0.113. The first-order valence-electron chi connectivity index (χ1n) is 7.35. The van der Waals surface area contributed by atoms with E-state index in [0.29, 0.717) is 31.2 Å². The number of β-amino-alcohol motifs (C(OH)–C–C–N with tert-alkyl or cyclic N) is 1. The van der Waals surface area contributed by atoms with Gasteiger partial charge in [0.1, 0.15) is 5.82 Å². The standard InChI is InChI=1S/C15H19N5O2/c1-10-17-14(19-18-10)7-15(22)20-8-11(13(21)9-20)6-12-4-2-3-5-16-12/h2-5,11,13,21H,6-9H2,1H3,(H,17,18,19)/t11-,13-/m1/s1. The van der Waals surface area contributed by atoms with Gasteiger partial charge in [-0.1, -0.05) is 6.07 Å². The lowest BCUT2D eigenvalue weighted by molar-refractivity contribution is -0.129. The molecule has 3 rings (SSSR count). The highest BCUT2D eigenvalue weighted by Crippen LogP contribution is 2.21. The maximum Gasteiger partial charge on any atom is 0.230 e. The Labute approximate surface area is 128 Å². The van der Waals surface area contributed by atoms with Crippen molar-refractivity contribution in [3.8, 4) is 0 Å². The fourth-order valence-corrected chi connectivity index (χ4v) is 2.76. The molecule has 2 N–H and O–H groups in total. The summed E-state index contributed by atoms with van der Waals surface area (Å²) in [5.41, 5.74) is 0.936. The average molecular weight is 301 g/mol. The fourth-order valence-electron chi connectivity index (χ4n) is 2.76. The molecule has 1 amide bonds. The molecule has 0 aromatic carbocycles. The Morgan fingerprint density at radius 3 is 3.00 bits per heavy atom. The van der Waals surface area contributed by atoms with E-state index in [9.17, 15) is 9.90 Å². The number of amides is 1. The van der Waals surface area contributed by atoms with Gasteiger partial charge in [0, 0.05) is 30.9 Å². The van der Waals surface area contributed by atoms with Crippen molar-refractivity contribution in [2.45, 2.75) is 25.9 Å². The van der Waals surface area contributed by atoms with Gasteiger partial charge in [0.2, 0.25) is 5.91 Å². The molecule has 2 atom stereocenters. The number of carbonyl (C=O) groups excluding carboxylic acids is 1. The number of H-pyrrole nitrogens is 1. The van der Waals surface area contributed by atoms with Gasteiger partial charge in [-0.15, -0.1) is 0 Å². The number of nitrogens with zero attached hydrogens (tertiary/aromatic N) is 4. The van der Waals surface area contributed by atoms with Crippen molar-refractivity contribution >= 4 is 5.91 Å². The zero-order chi connectivity index (χ0) is 15.5. The van der Waals surface area contributed by atoms with E-state index < -0.39 is 6.10 Å². The van der Waals surface area contributed by atoms with Crippen LogP contribution in [0.5, 0.6) is 0 Å². The van der Waals surface area contributed by atoms with Gasteiger partial charge in [0.15, 0.2) is 5.82 Å². The Bertz CT molecular complexity index is 642. The molecular weight excluding hydrogens is 282 g/mol. The van der Waals surface area contributed by atoms with Crippen LogP contribution in [0.15, 0.2) is 24.4 Å². The third-order valence-corrected chi connectivity index (χ3v) is 3.91. The Morgan fingerprint density at radius 1 is 1.45 bits per heavy atom. The van der Waals surface area contributed by atoms with Crippen molar-refractivity contribution in [1.29, 1.82) is 0 Å². The van der Waals surface area contributed by atoms with Crippen LogP contribution in [0.4, 0.5) is 0 Å². The van der Waals surface area contributed by atoms with E-state index in [0.717, 1.165) is 5.69 Å². The van der Waals surface area contributed by atoms with Gasteiger partial charge in [-0.2, -0.15) is 5.10 Å². The van der Waals surface area contributed by atoms with Crippen molar-refractivity contribution in [1.82, 2.24) is 25.1 Å². The Kier molecular flexibility index (Phi) is 4.15. The van der Waals surface area contributed by atoms with Gasteiger partial charge in [-0.05, 0) is 25.5 Å². The molecule has 22 heavy (non-hydrogen) atoms. The van der Waals surface area contributed by atoms with E-state index in [1.54, 1.807) is 18.0 Å². The van der Waals surface area contributed by atoms with Crippen molar-refractivity contribution in [3.63, 3.8) is 0 Å².